The third-order valence-corrected chi connectivity index (χ3v) is 3.93. The van der Waals surface area contributed by atoms with Crippen molar-refractivity contribution in [2.45, 2.75) is 13.0 Å². The minimum atomic E-state index is -0.148. The first-order valence-corrected chi connectivity index (χ1v) is 7.88. The molecule has 1 amide bonds. The van der Waals surface area contributed by atoms with Gasteiger partial charge in [-0.15, -0.1) is 0 Å². The number of hydrogen-bond donors (Lipinski definition) is 2. The molecule has 1 saturated heterocycles. The van der Waals surface area contributed by atoms with Gasteiger partial charge in [-0.2, -0.15) is 0 Å². The van der Waals surface area contributed by atoms with Crippen LogP contribution in [0.15, 0.2) is 16.7 Å². The van der Waals surface area contributed by atoms with Crippen LogP contribution in [0.5, 0.6) is 0 Å². The van der Waals surface area contributed by atoms with E-state index in [0.29, 0.717) is 24.5 Å². The van der Waals surface area contributed by atoms with E-state index >= 15 is 0 Å². The zero-order valence-electron chi connectivity index (χ0n) is 12.4. The van der Waals surface area contributed by atoms with Gasteiger partial charge in [0, 0.05) is 37.4 Å². The maximum absolute atomic E-state index is 12.3. The number of carbonyl (C=O) groups is 1. The van der Waals surface area contributed by atoms with E-state index in [1.165, 1.54) is 0 Å². The topological polar surface area (TPSA) is 66.5 Å². The lowest BCUT2D eigenvalue weighted by molar-refractivity contribution is -0.0246. The van der Waals surface area contributed by atoms with Crippen LogP contribution in [0.2, 0.25) is 0 Å². The number of carbonyl (C=O) groups excluding carboxylic acids is 1. The van der Waals surface area contributed by atoms with Crippen LogP contribution >= 0.6 is 15.9 Å². The highest BCUT2D eigenvalue weighted by Gasteiger charge is 2.20. The SMILES string of the molecule is CCN1CCOC(CNC(=O)c2cc(Br)cnc2NC)C1. The first-order chi connectivity index (χ1) is 10.1. The fourth-order valence-corrected chi connectivity index (χ4v) is 2.64. The van der Waals surface area contributed by atoms with Crippen LogP contribution < -0.4 is 10.6 Å². The van der Waals surface area contributed by atoms with Crippen molar-refractivity contribution in [2.24, 2.45) is 0 Å². The Balaban J connectivity index is 1.94. The summed E-state index contributed by atoms with van der Waals surface area (Å²) < 4.78 is 6.46. The number of nitrogens with one attached hydrogen (secondary N) is 2. The fourth-order valence-electron chi connectivity index (χ4n) is 2.30. The Morgan fingerprint density at radius 1 is 1.62 bits per heavy atom. The molecule has 21 heavy (non-hydrogen) atoms. The molecule has 2 heterocycles. The van der Waals surface area contributed by atoms with Crippen molar-refractivity contribution in [1.29, 1.82) is 0 Å². The molecular weight excluding hydrogens is 336 g/mol. The minimum absolute atomic E-state index is 0.0424. The Kier molecular flexibility index (Phi) is 5.96. The molecule has 0 spiro atoms. The van der Waals surface area contributed by atoms with Crippen LogP contribution in [0.3, 0.4) is 0 Å². The van der Waals surface area contributed by atoms with Crippen molar-refractivity contribution in [3.63, 3.8) is 0 Å². The summed E-state index contributed by atoms with van der Waals surface area (Å²) in [5.74, 6) is 0.417. The number of morpholine rings is 1. The smallest absolute Gasteiger partial charge is 0.255 e. The maximum Gasteiger partial charge on any atom is 0.255 e. The summed E-state index contributed by atoms with van der Waals surface area (Å²) in [5, 5.41) is 5.85. The summed E-state index contributed by atoms with van der Waals surface area (Å²) in [6, 6.07) is 1.76. The van der Waals surface area contributed by atoms with E-state index < -0.39 is 0 Å². The second-order valence-corrected chi connectivity index (χ2v) is 5.81. The standard InChI is InChI=1S/C14H21BrN4O2/c1-3-19-4-5-21-11(9-19)8-18-14(20)12-6-10(15)7-17-13(12)16-2/h6-7,11H,3-5,8-9H2,1-2H3,(H,16,17)(H,18,20). The number of ether oxygens (including phenoxy) is 1. The predicted molar refractivity (Wildman–Crippen MR) is 85.7 cm³/mol. The molecule has 6 nitrogen and oxygen atoms in total. The number of rotatable bonds is 5. The third-order valence-electron chi connectivity index (χ3n) is 3.50. The Morgan fingerprint density at radius 2 is 2.43 bits per heavy atom. The van der Waals surface area contributed by atoms with Gasteiger partial charge in [0.25, 0.3) is 5.91 Å². The number of halogens is 1. The molecule has 1 aliphatic rings. The van der Waals surface area contributed by atoms with Crippen LogP contribution in [0.1, 0.15) is 17.3 Å². The first-order valence-electron chi connectivity index (χ1n) is 7.09. The third kappa shape index (κ3) is 4.39. The van der Waals surface area contributed by atoms with Crippen LogP contribution in [0.4, 0.5) is 5.82 Å². The number of pyridine rings is 1. The normalized spacial score (nSPS) is 19.3. The quantitative estimate of drug-likeness (QED) is 0.833. The molecule has 0 radical (unpaired) electrons. The van der Waals surface area contributed by atoms with Crippen LogP contribution in [0, 0.1) is 0 Å². The summed E-state index contributed by atoms with van der Waals surface area (Å²) in [6.45, 7) is 6.17. The summed E-state index contributed by atoms with van der Waals surface area (Å²) >= 11 is 3.34. The summed E-state index contributed by atoms with van der Waals surface area (Å²) in [7, 11) is 1.75. The van der Waals surface area contributed by atoms with Gasteiger partial charge in [-0.05, 0) is 28.5 Å². The molecule has 1 atom stereocenters. The number of amides is 1. The summed E-state index contributed by atoms with van der Waals surface area (Å²) in [6.07, 6.45) is 1.70. The van der Waals surface area contributed by atoms with Crippen molar-refractivity contribution in [1.82, 2.24) is 15.2 Å². The number of likely N-dealkylation sites (N-methyl/N-ethyl adjacent to an activating group) is 1. The Hall–Kier alpha value is -1.18. The van der Waals surface area contributed by atoms with E-state index in [0.717, 1.165) is 24.1 Å². The molecular formula is C14H21BrN4O2. The highest BCUT2D eigenvalue weighted by atomic mass is 79.9. The fraction of sp³-hybridized carbons (Fsp3) is 0.571. The predicted octanol–water partition coefficient (Wildman–Crippen LogP) is 1.34. The second-order valence-electron chi connectivity index (χ2n) is 4.90. The molecule has 0 saturated carbocycles. The number of anilines is 1. The van der Waals surface area contributed by atoms with E-state index in [2.05, 4.69) is 43.4 Å². The monoisotopic (exact) mass is 356 g/mol. The molecule has 1 aromatic rings. The van der Waals surface area contributed by atoms with Gasteiger partial charge in [-0.3, -0.25) is 9.69 Å². The minimum Gasteiger partial charge on any atom is -0.374 e. The molecule has 7 heteroatoms. The summed E-state index contributed by atoms with van der Waals surface area (Å²) in [5.41, 5.74) is 0.523. The van der Waals surface area contributed by atoms with Crippen LogP contribution in [0.25, 0.3) is 0 Å². The van der Waals surface area contributed by atoms with Crippen molar-refractivity contribution in [2.75, 3.05) is 45.2 Å². The Labute approximate surface area is 133 Å². The zero-order valence-corrected chi connectivity index (χ0v) is 13.9. The van der Waals surface area contributed by atoms with E-state index in [1.54, 1.807) is 19.3 Å². The van der Waals surface area contributed by atoms with Gasteiger partial charge >= 0.3 is 0 Å². The van der Waals surface area contributed by atoms with Gasteiger partial charge < -0.3 is 15.4 Å². The molecule has 2 N–H and O–H groups in total. The van der Waals surface area contributed by atoms with Gasteiger partial charge in [0.2, 0.25) is 0 Å². The largest absolute Gasteiger partial charge is 0.374 e. The van der Waals surface area contributed by atoms with E-state index in [4.69, 9.17) is 4.74 Å². The number of hydrogen-bond acceptors (Lipinski definition) is 5. The molecule has 1 aromatic heterocycles. The van der Waals surface area contributed by atoms with Crippen molar-refractivity contribution in [3.8, 4) is 0 Å². The van der Waals surface area contributed by atoms with E-state index in [-0.39, 0.29) is 12.0 Å². The lowest BCUT2D eigenvalue weighted by atomic mass is 10.2. The van der Waals surface area contributed by atoms with Gasteiger partial charge in [0.15, 0.2) is 0 Å². The maximum atomic E-state index is 12.3. The average molecular weight is 357 g/mol. The Morgan fingerprint density at radius 3 is 3.14 bits per heavy atom. The number of nitrogens with zero attached hydrogens (tertiary/aromatic N) is 2. The van der Waals surface area contributed by atoms with Crippen LogP contribution in [-0.2, 0) is 4.74 Å². The molecule has 116 valence electrons. The van der Waals surface area contributed by atoms with Crippen molar-refractivity contribution in [3.05, 3.63) is 22.3 Å². The molecule has 1 fully saturated rings. The van der Waals surface area contributed by atoms with Gasteiger partial charge in [-0.1, -0.05) is 6.92 Å². The highest BCUT2D eigenvalue weighted by Crippen LogP contribution is 2.17. The van der Waals surface area contributed by atoms with Crippen molar-refractivity contribution < 1.29 is 9.53 Å². The lowest BCUT2D eigenvalue weighted by Crippen LogP contribution is -2.47. The Bertz CT molecular complexity index is 498. The molecule has 2 rings (SSSR count). The van der Waals surface area contributed by atoms with E-state index in [9.17, 15) is 4.79 Å². The van der Waals surface area contributed by atoms with Crippen LogP contribution in [-0.4, -0.2) is 61.7 Å². The molecule has 1 unspecified atom stereocenters. The average Bonchev–Trinajstić information content (AvgIpc) is 2.52. The lowest BCUT2D eigenvalue weighted by Gasteiger charge is -2.32. The second kappa shape index (κ2) is 7.72. The zero-order chi connectivity index (χ0) is 15.2. The molecule has 0 aromatic carbocycles. The van der Waals surface area contributed by atoms with Gasteiger partial charge in [-0.25, -0.2) is 4.98 Å². The number of aromatic nitrogens is 1. The molecule has 1 aliphatic heterocycles. The van der Waals surface area contributed by atoms with Crippen molar-refractivity contribution >= 4 is 27.7 Å². The molecule has 0 bridgehead atoms. The van der Waals surface area contributed by atoms with Gasteiger partial charge in [0.05, 0.1) is 18.3 Å². The van der Waals surface area contributed by atoms with E-state index in [1.807, 2.05) is 0 Å². The highest BCUT2D eigenvalue weighted by molar-refractivity contribution is 9.10. The summed E-state index contributed by atoms with van der Waals surface area (Å²) in [4.78, 5) is 18.8. The van der Waals surface area contributed by atoms with Gasteiger partial charge in [0.1, 0.15) is 5.82 Å². The molecule has 0 aliphatic carbocycles. The first kappa shape index (κ1) is 16.2.